The van der Waals surface area contributed by atoms with Crippen molar-refractivity contribution >= 4 is 30.6 Å². The van der Waals surface area contributed by atoms with Gasteiger partial charge >= 0.3 is 0 Å². The third-order valence-electron chi connectivity index (χ3n) is 2.66. The van der Waals surface area contributed by atoms with Gasteiger partial charge in [-0.1, -0.05) is 42.5 Å². The second kappa shape index (κ2) is 4.57. The van der Waals surface area contributed by atoms with Crippen LogP contribution in [0.3, 0.4) is 0 Å². The van der Waals surface area contributed by atoms with E-state index >= 15 is 0 Å². The molecule has 0 aliphatic carbocycles. The van der Waals surface area contributed by atoms with E-state index in [0.717, 1.165) is 13.9 Å². The van der Waals surface area contributed by atoms with Crippen molar-refractivity contribution in [2.75, 3.05) is 0 Å². The summed E-state index contributed by atoms with van der Waals surface area (Å²) in [5.74, 6) is 0. The Balaban J connectivity index is 1.92. The maximum atomic E-state index is 4.48. The first-order valence-electron chi connectivity index (χ1n) is 5.59. The van der Waals surface area contributed by atoms with Crippen LogP contribution in [0.25, 0.3) is 10.5 Å². The third-order valence-corrected chi connectivity index (χ3v) is 3.95. The lowest BCUT2D eigenvalue weighted by atomic mass is 10.2. The first-order chi connectivity index (χ1) is 8.42. The van der Waals surface area contributed by atoms with Crippen molar-refractivity contribution in [1.82, 2.24) is 0 Å². The van der Waals surface area contributed by atoms with Gasteiger partial charge in [-0.3, -0.25) is 4.99 Å². The van der Waals surface area contributed by atoms with Crippen molar-refractivity contribution in [3.8, 4) is 0 Å². The molecule has 0 amide bonds. The van der Waals surface area contributed by atoms with Crippen LogP contribution in [0.2, 0.25) is 0 Å². The van der Waals surface area contributed by atoms with Crippen molar-refractivity contribution in [1.29, 1.82) is 0 Å². The molecule has 0 N–H and O–H groups in total. The van der Waals surface area contributed by atoms with Gasteiger partial charge in [0, 0.05) is 11.5 Å². The monoisotopic (exact) mass is 237 g/mol. The minimum atomic E-state index is 0.734. The van der Waals surface area contributed by atoms with E-state index in [1.165, 1.54) is 15.8 Å². The molecule has 0 radical (unpaired) electrons. The average molecular weight is 237 g/mol. The van der Waals surface area contributed by atoms with Gasteiger partial charge in [0.05, 0.1) is 5.69 Å². The molecule has 0 saturated carbocycles. The Hall–Kier alpha value is -1.85. The lowest BCUT2D eigenvalue weighted by molar-refractivity contribution is 1.54. The van der Waals surface area contributed by atoms with Crippen molar-refractivity contribution < 1.29 is 0 Å². The maximum absolute atomic E-state index is 4.48. The van der Waals surface area contributed by atoms with E-state index in [0.29, 0.717) is 0 Å². The smallest absolute Gasteiger partial charge is 0.0630 e. The minimum Gasteiger partial charge on any atom is -0.256 e. The molecule has 1 heterocycles. The molecule has 0 aliphatic heterocycles. The van der Waals surface area contributed by atoms with Crippen LogP contribution < -0.4 is 0 Å². The fraction of sp³-hybridized carbons (Fsp3) is 0. The summed E-state index contributed by atoms with van der Waals surface area (Å²) in [4.78, 5) is 4.48. The SMILES string of the molecule is C(=Nc1ccccc1)c1cc2ccccc2[pH]1. The predicted molar refractivity (Wildman–Crippen MR) is 77.1 cm³/mol. The molecule has 0 spiro atoms. The standard InChI is InChI=1S/C15H12NP/c1-2-7-13(8-3-1)16-11-14-10-12-6-4-5-9-15(12)17-14/h1-11,17H. The largest absolute Gasteiger partial charge is 0.256 e. The van der Waals surface area contributed by atoms with Gasteiger partial charge in [-0.25, -0.2) is 0 Å². The highest BCUT2D eigenvalue weighted by molar-refractivity contribution is 7.39. The predicted octanol–water partition coefficient (Wildman–Crippen LogP) is 4.62. The molecule has 0 saturated heterocycles. The second-order valence-electron chi connectivity index (χ2n) is 3.91. The molecule has 3 aromatic rings. The molecule has 0 aliphatic rings. The summed E-state index contributed by atoms with van der Waals surface area (Å²) in [6.45, 7) is 0. The number of hydrogen-bond donors (Lipinski definition) is 0. The van der Waals surface area contributed by atoms with Crippen LogP contribution in [-0.2, 0) is 0 Å². The molecule has 1 atom stereocenters. The van der Waals surface area contributed by atoms with Gasteiger partial charge in [0.2, 0.25) is 0 Å². The molecule has 1 unspecified atom stereocenters. The Labute approximate surface area is 102 Å². The summed E-state index contributed by atoms with van der Waals surface area (Å²) >= 11 is 0. The maximum Gasteiger partial charge on any atom is 0.0630 e. The zero-order valence-electron chi connectivity index (χ0n) is 9.30. The number of aliphatic imine (C=N–C) groups is 1. The van der Waals surface area contributed by atoms with Gasteiger partial charge in [-0.05, 0) is 28.7 Å². The number of rotatable bonds is 2. The Bertz CT molecular complexity index is 620. The van der Waals surface area contributed by atoms with Crippen LogP contribution in [0, 0.1) is 0 Å². The molecule has 0 bridgehead atoms. The lowest BCUT2D eigenvalue weighted by Gasteiger charge is -1.89. The van der Waals surface area contributed by atoms with Gasteiger partial charge in [0.25, 0.3) is 0 Å². The van der Waals surface area contributed by atoms with Crippen LogP contribution in [-0.4, -0.2) is 6.21 Å². The summed E-state index contributed by atoms with van der Waals surface area (Å²) in [6, 6.07) is 20.8. The summed E-state index contributed by atoms with van der Waals surface area (Å²) in [5, 5.41) is 4.05. The molecular formula is C15H12NP. The molecule has 2 aromatic carbocycles. The van der Waals surface area contributed by atoms with E-state index in [4.69, 9.17) is 0 Å². The molecule has 3 rings (SSSR count). The molecule has 82 valence electrons. The van der Waals surface area contributed by atoms with Crippen LogP contribution >= 0.6 is 8.19 Å². The zero-order valence-corrected chi connectivity index (χ0v) is 10.3. The highest BCUT2D eigenvalue weighted by Crippen LogP contribution is 2.29. The second-order valence-corrected chi connectivity index (χ2v) is 5.27. The van der Waals surface area contributed by atoms with Gasteiger partial charge in [0.1, 0.15) is 0 Å². The Morgan fingerprint density at radius 1 is 0.882 bits per heavy atom. The number of hydrogen-bond acceptors (Lipinski definition) is 1. The number of benzene rings is 2. The topological polar surface area (TPSA) is 12.4 Å². The molecule has 0 fully saturated rings. The fourth-order valence-electron chi connectivity index (χ4n) is 1.82. The first kappa shape index (κ1) is 10.3. The Morgan fingerprint density at radius 3 is 2.47 bits per heavy atom. The van der Waals surface area contributed by atoms with Gasteiger partial charge < -0.3 is 0 Å². The first-order valence-corrected chi connectivity index (χ1v) is 6.59. The van der Waals surface area contributed by atoms with Crippen LogP contribution in [0.1, 0.15) is 5.30 Å². The van der Waals surface area contributed by atoms with Crippen molar-refractivity contribution in [2.24, 2.45) is 4.99 Å². The number of nitrogens with zero attached hydrogens (tertiary/aromatic N) is 1. The molecule has 2 heteroatoms. The number of para-hydroxylation sites is 1. The minimum absolute atomic E-state index is 0.734. The fourth-order valence-corrected chi connectivity index (χ4v) is 2.97. The van der Waals surface area contributed by atoms with Crippen molar-refractivity contribution in [3.05, 3.63) is 66.0 Å². The quantitative estimate of drug-likeness (QED) is 0.576. The molecular weight excluding hydrogens is 225 g/mol. The van der Waals surface area contributed by atoms with E-state index in [9.17, 15) is 0 Å². The van der Waals surface area contributed by atoms with E-state index in [-0.39, 0.29) is 0 Å². The summed E-state index contributed by atoms with van der Waals surface area (Å²) in [7, 11) is 0.734. The third kappa shape index (κ3) is 2.30. The van der Waals surface area contributed by atoms with E-state index in [1.807, 2.05) is 36.5 Å². The van der Waals surface area contributed by atoms with Gasteiger partial charge in [0.15, 0.2) is 0 Å². The Kier molecular flexibility index (Phi) is 2.77. The van der Waals surface area contributed by atoms with Crippen molar-refractivity contribution in [2.45, 2.75) is 0 Å². The van der Waals surface area contributed by atoms with Gasteiger partial charge in [-0.15, -0.1) is 8.19 Å². The molecule has 1 aromatic heterocycles. The number of fused-ring (bicyclic) bond motifs is 1. The summed E-state index contributed by atoms with van der Waals surface area (Å²) in [6.07, 6.45) is 1.98. The zero-order chi connectivity index (χ0) is 11.5. The van der Waals surface area contributed by atoms with E-state index < -0.39 is 0 Å². The molecule has 17 heavy (non-hydrogen) atoms. The summed E-state index contributed by atoms with van der Waals surface area (Å²) < 4.78 is 0. The van der Waals surface area contributed by atoms with E-state index in [1.54, 1.807) is 0 Å². The average Bonchev–Trinajstić information content (AvgIpc) is 2.80. The van der Waals surface area contributed by atoms with Crippen molar-refractivity contribution in [3.63, 3.8) is 0 Å². The van der Waals surface area contributed by atoms with Gasteiger partial charge in [-0.2, -0.15) is 0 Å². The van der Waals surface area contributed by atoms with Crippen LogP contribution in [0.15, 0.2) is 65.7 Å². The summed E-state index contributed by atoms with van der Waals surface area (Å²) in [5.41, 5.74) is 1.01. The van der Waals surface area contributed by atoms with E-state index in [2.05, 4.69) is 35.3 Å². The van der Waals surface area contributed by atoms with Crippen LogP contribution in [0.4, 0.5) is 5.69 Å². The highest BCUT2D eigenvalue weighted by atomic mass is 31.0. The normalized spacial score (nSPS) is 11.8. The lowest BCUT2D eigenvalue weighted by Crippen LogP contribution is -1.70. The molecule has 1 nitrogen and oxygen atoms in total. The highest BCUT2D eigenvalue weighted by Gasteiger charge is 1.96. The van der Waals surface area contributed by atoms with Crippen LogP contribution in [0.5, 0.6) is 0 Å². The Morgan fingerprint density at radius 2 is 1.65 bits per heavy atom.